The quantitative estimate of drug-likeness (QED) is 0.826. The van der Waals surface area contributed by atoms with Gasteiger partial charge in [0.1, 0.15) is 0 Å². The number of carbonyl (C=O) groups is 2. The Morgan fingerprint density at radius 1 is 1.29 bits per heavy atom. The summed E-state index contributed by atoms with van der Waals surface area (Å²) in [4.78, 5) is 37.9. The van der Waals surface area contributed by atoms with Gasteiger partial charge >= 0.3 is 0 Å². The van der Waals surface area contributed by atoms with Crippen LogP contribution in [0.3, 0.4) is 0 Å². The predicted molar refractivity (Wildman–Crippen MR) is 105 cm³/mol. The second kappa shape index (κ2) is 7.95. The molecule has 0 bridgehead atoms. The van der Waals surface area contributed by atoms with Crippen LogP contribution in [0.15, 0.2) is 18.6 Å². The Hall–Kier alpha value is -2.97. The summed E-state index contributed by atoms with van der Waals surface area (Å²) in [6, 6.07) is 0.0149. The summed E-state index contributed by atoms with van der Waals surface area (Å²) >= 11 is 0. The van der Waals surface area contributed by atoms with Crippen molar-refractivity contribution in [2.75, 3.05) is 32.1 Å². The molecule has 3 heterocycles. The minimum absolute atomic E-state index is 0.0149. The molecule has 0 aliphatic carbocycles. The Morgan fingerprint density at radius 3 is 2.64 bits per heavy atom. The molecule has 1 N–H and O–H groups in total. The Kier molecular flexibility index (Phi) is 5.62. The third-order valence-corrected chi connectivity index (χ3v) is 4.68. The second-order valence-corrected chi connectivity index (χ2v) is 7.63. The smallest absolute Gasteiger partial charge is 0.257 e. The van der Waals surface area contributed by atoms with Gasteiger partial charge in [-0.3, -0.25) is 14.3 Å². The van der Waals surface area contributed by atoms with Crippen LogP contribution in [0.25, 0.3) is 0 Å². The van der Waals surface area contributed by atoms with Crippen LogP contribution in [0.1, 0.15) is 52.6 Å². The maximum Gasteiger partial charge on any atom is 0.257 e. The Labute approximate surface area is 164 Å². The normalized spacial score (nSPS) is 16.5. The van der Waals surface area contributed by atoms with Crippen molar-refractivity contribution in [2.24, 2.45) is 7.05 Å². The van der Waals surface area contributed by atoms with Crippen LogP contribution < -0.4 is 10.2 Å². The Balaban J connectivity index is 1.86. The molecule has 0 saturated carbocycles. The van der Waals surface area contributed by atoms with Gasteiger partial charge in [-0.1, -0.05) is 0 Å². The summed E-state index contributed by atoms with van der Waals surface area (Å²) in [5.41, 5.74) is 1.73. The molecule has 1 aliphatic heterocycles. The number of anilines is 1. The molecule has 1 saturated heterocycles. The first-order chi connectivity index (χ1) is 13.3. The molecular weight excluding hydrogens is 358 g/mol. The lowest BCUT2D eigenvalue weighted by molar-refractivity contribution is 0.0790. The highest BCUT2D eigenvalue weighted by Gasteiger charge is 2.32. The summed E-state index contributed by atoms with van der Waals surface area (Å²) < 4.78 is 1.61. The van der Waals surface area contributed by atoms with Gasteiger partial charge in [0, 0.05) is 58.6 Å². The molecular formula is C19H27N7O2. The van der Waals surface area contributed by atoms with E-state index >= 15 is 0 Å². The number of hydrogen-bond acceptors (Lipinski definition) is 6. The number of aromatic nitrogens is 4. The van der Waals surface area contributed by atoms with Gasteiger partial charge in [-0.15, -0.1) is 0 Å². The van der Waals surface area contributed by atoms with E-state index < -0.39 is 0 Å². The fraction of sp³-hybridized carbons (Fsp3) is 0.526. The van der Waals surface area contributed by atoms with Gasteiger partial charge in [0.2, 0.25) is 5.95 Å². The molecule has 9 nitrogen and oxygen atoms in total. The van der Waals surface area contributed by atoms with E-state index in [-0.39, 0.29) is 23.8 Å². The average molecular weight is 385 g/mol. The van der Waals surface area contributed by atoms with Crippen molar-refractivity contribution >= 4 is 17.8 Å². The number of aryl methyl sites for hydroxylation is 1. The molecule has 1 aliphatic rings. The van der Waals surface area contributed by atoms with Crippen molar-refractivity contribution < 1.29 is 9.59 Å². The van der Waals surface area contributed by atoms with Crippen LogP contribution in [0, 0.1) is 0 Å². The third kappa shape index (κ3) is 4.13. The summed E-state index contributed by atoms with van der Waals surface area (Å²) in [5, 5.41) is 6.98. The van der Waals surface area contributed by atoms with Crippen molar-refractivity contribution in [1.82, 2.24) is 30.0 Å². The number of likely N-dealkylation sites (tertiary alicyclic amines) is 1. The van der Waals surface area contributed by atoms with E-state index in [9.17, 15) is 9.59 Å². The van der Waals surface area contributed by atoms with Crippen LogP contribution in [-0.2, 0) is 7.05 Å². The zero-order valence-corrected chi connectivity index (χ0v) is 17.0. The fourth-order valence-corrected chi connectivity index (χ4v) is 3.31. The van der Waals surface area contributed by atoms with E-state index in [1.807, 2.05) is 27.9 Å². The molecule has 1 unspecified atom stereocenters. The zero-order chi connectivity index (χ0) is 20.4. The van der Waals surface area contributed by atoms with Crippen LogP contribution in [0.4, 0.5) is 5.95 Å². The molecule has 0 radical (unpaired) electrons. The highest BCUT2D eigenvalue weighted by Crippen LogP contribution is 2.30. The number of rotatable bonds is 5. The summed E-state index contributed by atoms with van der Waals surface area (Å²) in [7, 11) is 5.51. The van der Waals surface area contributed by atoms with Gasteiger partial charge in [0.15, 0.2) is 0 Å². The molecule has 2 amide bonds. The summed E-state index contributed by atoms with van der Waals surface area (Å²) in [6.45, 7) is 4.96. The fourth-order valence-electron chi connectivity index (χ4n) is 3.31. The number of nitrogens with one attached hydrogen (secondary N) is 1. The van der Waals surface area contributed by atoms with Crippen molar-refractivity contribution in [3.63, 3.8) is 0 Å². The topological polar surface area (TPSA) is 96.2 Å². The van der Waals surface area contributed by atoms with E-state index in [4.69, 9.17) is 0 Å². The van der Waals surface area contributed by atoms with Crippen molar-refractivity contribution in [3.05, 3.63) is 35.4 Å². The largest absolute Gasteiger partial charge is 0.350 e. The van der Waals surface area contributed by atoms with Gasteiger partial charge in [0.05, 0.1) is 23.0 Å². The van der Waals surface area contributed by atoms with E-state index in [0.717, 1.165) is 6.42 Å². The number of carbonyl (C=O) groups excluding carboxylic acids is 2. The van der Waals surface area contributed by atoms with Crippen molar-refractivity contribution in [1.29, 1.82) is 0 Å². The minimum atomic E-state index is -0.188. The molecule has 1 atom stereocenters. The lowest BCUT2D eigenvalue weighted by atomic mass is 9.99. The van der Waals surface area contributed by atoms with Crippen LogP contribution >= 0.6 is 0 Å². The maximum atomic E-state index is 12.7. The lowest BCUT2D eigenvalue weighted by Gasteiger charge is -2.19. The monoisotopic (exact) mass is 385 g/mol. The summed E-state index contributed by atoms with van der Waals surface area (Å²) in [6.07, 6.45) is 5.62. The van der Waals surface area contributed by atoms with E-state index in [1.54, 1.807) is 40.1 Å². The van der Waals surface area contributed by atoms with Gasteiger partial charge in [0.25, 0.3) is 11.8 Å². The second-order valence-electron chi connectivity index (χ2n) is 7.63. The molecule has 9 heteroatoms. The van der Waals surface area contributed by atoms with Crippen LogP contribution in [-0.4, -0.2) is 69.7 Å². The highest BCUT2D eigenvalue weighted by molar-refractivity contribution is 5.96. The first-order valence-corrected chi connectivity index (χ1v) is 9.39. The number of nitrogens with zero attached hydrogens (tertiary/aromatic N) is 6. The predicted octanol–water partition coefficient (Wildman–Crippen LogP) is 1.04. The average Bonchev–Trinajstić information content (AvgIpc) is 3.29. The standard InChI is InChI=1S/C19H27N7O2/c1-12(2)22-17(27)15-9-20-19(24(3)4)23-16(15)13-6-7-26(11-13)18(28)14-8-21-25(5)10-14/h8-10,12-13H,6-7,11H2,1-5H3,(H,22,27). The zero-order valence-electron chi connectivity index (χ0n) is 17.0. The minimum Gasteiger partial charge on any atom is -0.350 e. The molecule has 2 aromatic heterocycles. The van der Waals surface area contributed by atoms with Crippen molar-refractivity contribution in [3.8, 4) is 0 Å². The number of hydrogen-bond donors (Lipinski definition) is 1. The van der Waals surface area contributed by atoms with E-state index in [0.29, 0.717) is 35.9 Å². The molecule has 3 rings (SSSR count). The molecule has 0 spiro atoms. The van der Waals surface area contributed by atoms with Crippen molar-refractivity contribution in [2.45, 2.75) is 32.2 Å². The third-order valence-electron chi connectivity index (χ3n) is 4.68. The molecule has 150 valence electrons. The van der Waals surface area contributed by atoms with Gasteiger partial charge in [-0.25, -0.2) is 9.97 Å². The maximum absolute atomic E-state index is 12.7. The molecule has 28 heavy (non-hydrogen) atoms. The van der Waals surface area contributed by atoms with Gasteiger partial charge < -0.3 is 15.1 Å². The molecule has 1 fully saturated rings. The van der Waals surface area contributed by atoms with Crippen LogP contribution in [0.2, 0.25) is 0 Å². The van der Waals surface area contributed by atoms with Gasteiger partial charge in [-0.2, -0.15) is 5.10 Å². The molecule has 2 aromatic rings. The van der Waals surface area contributed by atoms with Crippen LogP contribution in [0.5, 0.6) is 0 Å². The first-order valence-electron chi connectivity index (χ1n) is 9.39. The lowest BCUT2D eigenvalue weighted by Crippen LogP contribution is -2.32. The first kappa shape index (κ1) is 19.8. The summed E-state index contributed by atoms with van der Waals surface area (Å²) in [5.74, 6) is 0.293. The van der Waals surface area contributed by atoms with E-state index in [1.165, 1.54) is 0 Å². The SMILES string of the molecule is CC(C)NC(=O)c1cnc(N(C)C)nc1C1CCN(C(=O)c2cnn(C)c2)C1. The number of amides is 2. The highest BCUT2D eigenvalue weighted by atomic mass is 16.2. The van der Waals surface area contributed by atoms with E-state index in [2.05, 4.69) is 20.4 Å². The Morgan fingerprint density at radius 2 is 2.04 bits per heavy atom. The Bertz CT molecular complexity index is 875. The van der Waals surface area contributed by atoms with Gasteiger partial charge in [-0.05, 0) is 20.3 Å². The molecule has 0 aromatic carbocycles.